The van der Waals surface area contributed by atoms with Crippen LogP contribution in [0.15, 0.2) is 24.3 Å². The fraction of sp³-hybridized carbons (Fsp3) is 0.706. The van der Waals surface area contributed by atoms with Crippen LogP contribution < -0.4 is 10.6 Å². The standard InChI is InChI=1S/C34H56N2O6/c1-3-41-31(37)25-17-13-9-5-7-11-15-21-27-35-33(39)29-23-19-20-24-30(29)34(40)36-28-22-16-12-8-6-10-14-18-26-32(38)42-4-2/h19-20,23-24H,3-18,21-22,25-28H2,1-2H3,(H,35,39)(H,36,40). The van der Waals surface area contributed by atoms with Crippen molar-refractivity contribution < 1.29 is 28.7 Å². The van der Waals surface area contributed by atoms with Gasteiger partial charge < -0.3 is 20.1 Å². The van der Waals surface area contributed by atoms with Crippen LogP contribution >= 0.6 is 0 Å². The average molecular weight is 589 g/mol. The van der Waals surface area contributed by atoms with E-state index in [0.29, 0.717) is 50.3 Å². The predicted octanol–water partition coefficient (Wildman–Crippen LogP) is 7.29. The highest BCUT2D eigenvalue weighted by Crippen LogP contribution is 2.13. The predicted molar refractivity (Wildman–Crippen MR) is 167 cm³/mol. The van der Waals surface area contributed by atoms with E-state index in [1.54, 1.807) is 24.3 Å². The Morgan fingerprint density at radius 1 is 0.500 bits per heavy atom. The summed E-state index contributed by atoms with van der Waals surface area (Å²) in [6, 6.07) is 6.99. The fourth-order valence-electron chi connectivity index (χ4n) is 4.85. The van der Waals surface area contributed by atoms with E-state index in [-0.39, 0.29) is 23.8 Å². The van der Waals surface area contributed by atoms with Gasteiger partial charge in [0.25, 0.3) is 11.8 Å². The van der Waals surface area contributed by atoms with Crippen molar-refractivity contribution in [3.63, 3.8) is 0 Å². The summed E-state index contributed by atoms with van der Waals surface area (Å²) in [4.78, 5) is 48.2. The molecule has 0 spiro atoms. The third-order valence-corrected chi connectivity index (χ3v) is 7.21. The normalized spacial score (nSPS) is 10.7. The smallest absolute Gasteiger partial charge is 0.305 e. The lowest BCUT2D eigenvalue weighted by Gasteiger charge is -2.11. The molecule has 0 heterocycles. The first-order chi connectivity index (χ1) is 20.5. The molecule has 8 heteroatoms. The minimum Gasteiger partial charge on any atom is -0.466 e. The summed E-state index contributed by atoms with van der Waals surface area (Å²) < 4.78 is 9.88. The van der Waals surface area contributed by atoms with Crippen molar-refractivity contribution in [3.05, 3.63) is 35.4 Å². The molecule has 0 bridgehead atoms. The number of nitrogens with one attached hydrogen (secondary N) is 2. The van der Waals surface area contributed by atoms with Gasteiger partial charge in [0.05, 0.1) is 24.3 Å². The van der Waals surface area contributed by atoms with Crippen molar-refractivity contribution in [2.45, 2.75) is 129 Å². The molecule has 0 unspecified atom stereocenters. The van der Waals surface area contributed by atoms with Crippen molar-refractivity contribution in [1.82, 2.24) is 10.6 Å². The zero-order chi connectivity index (χ0) is 30.7. The van der Waals surface area contributed by atoms with Gasteiger partial charge >= 0.3 is 11.9 Å². The van der Waals surface area contributed by atoms with Crippen molar-refractivity contribution in [1.29, 1.82) is 0 Å². The molecule has 0 aromatic heterocycles. The number of esters is 2. The Morgan fingerprint density at radius 2 is 0.810 bits per heavy atom. The van der Waals surface area contributed by atoms with Crippen LogP contribution in [0.2, 0.25) is 0 Å². The van der Waals surface area contributed by atoms with Crippen LogP contribution in [0.1, 0.15) is 150 Å². The Bertz CT molecular complexity index is 818. The monoisotopic (exact) mass is 588 g/mol. The molecule has 2 amide bonds. The number of hydrogen-bond donors (Lipinski definition) is 2. The molecule has 0 saturated carbocycles. The fourth-order valence-corrected chi connectivity index (χ4v) is 4.85. The quantitative estimate of drug-likeness (QED) is 0.0868. The number of amides is 2. The summed E-state index contributed by atoms with van der Waals surface area (Å²) in [5.74, 6) is -0.606. The van der Waals surface area contributed by atoms with Gasteiger partial charge in [0, 0.05) is 25.9 Å². The van der Waals surface area contributed by atoms with Gasteiger partial charge in [0.1, 0.15) is 0 Å². The second-order valence-corrected chi connectivity index (χ2v) is 10.8. The molecule has 0 aliphatic rings. The Kier molecular flexibility index (Phi) is 22.8. The summed E-state index contributed by atoms with van der Waals surface area (Å²) in [6.07, 6.45) is 18.1. The Labute approximate surface area is 254 Å². The second kappa shape index (κ2) is 25.8. The van der Waals surface area contributed by atoms with Gasteiger partial charge in [-0.25, -0.2) is 0 Å². The zero-order valence-electron chi connectivity index (χ0n) is 26.3. The Morgan fingerprint density at radius 3 is 1.14 bits per heavy atom. The van der Waals surface area contributed by atoms with Crippen LogP contribution in [0.4, 0.5) is 0 Å². The molecule has 2 N–H and O–H groups in total. The molecule has 1 aromatic carbocycles. The van der Waals surface area contributed by atoms with E-state index in [2.05, 4.69) is 10.6 Å². The maximum absolute atomic E-state index is 12.8. The Balaban J connectivity index is 2.10. The highest BCUT2D eigenvalue weighted by atomic mass is 16.5. The minimum absolute atomic E-state index is 0.0991. The highest BCUT2D eigenvalue weighted by Gasteiger charge is 2.16. The lowest BCUT2D eigenvalue weighted by Crippen LogP contribution is -2.30. The van der Waals surface area contributed by atoms with E-state index in [4.69, 9.17) is 9.47 Å². The van der Waals surface area contributed by atoms with Gasteiger partial charge in [0.2, 0.25) is 0 Å². The van der Waals surface area contributed by atoms with Crippen LogP contribution in [-0.4, -0.2) is 50.1 Å². The van der Waals surface area contributed by atoms with Gasteiger partial charge in [-0.15, -0.1) is 0 Å². The third-order valence-electron chi connectivity index (χ3n) is 7.21. The summed E-state index contributed by atoms with van der Waals surface area (Å²) in [5.41, 5.74) is 0.835. The van der Waals surface area contributed by atoms with E-state index in [1.165, 1.54) is 0 Å². The third kappa shape index (κ3) is 19.3. The van der Waals surface area contributed by atoms with Crippen molar-refractivity contribution in [3.8, 4) is 0 Å². The maximum Gasteiger partial charge on any atom is 0.305 e. The molecule has 42 heavy (non-hydrogen) atoms. The largest absolute Gasteiger partial charge is 0.466 e. The van der Waals surface area contributed by atoms with E-state index in [9.17, 15) is 19.2 Å². The van der Waals surface area contributed by atoms with E-state index >= 15 is 0 Å². The average Bonchev–Trinajstić information content (AvgIpc) is 2.98. The highest BCUT2D eigenvalue weighted by molar-refractivity contribution is 6.07. The summed E-state index contributed by atoms with van der Waals surface area (Å²) in [5, 5.41) is 5.94. The molecular weight excluding hydrogens is 532 g/mol. The van der Waals surface area contributed by atoms with Crippen LogP contribution in [0.5, 0.6) is 0 Å². The lowest BCUT2D eigenvalue weighted by molar-refractivity contribution is -0.144. The molecule has 0 aliphatic heterocycles. The lowest BCUT2D eigenvalue weighted by atomic mass is 10.1. The van der Waals surface area contributed by atoms with E-state index in [0.717, 1.165) is 103 Å². The molecule has 0 atom stereocenters. The first kappa shape index (κ1) is 37.1. The van der Waals surface area contributed by atoms with Gasteiger partial charge in [-0.2, -0.15) is 0 Å². The molecule has 1 aromatic rings. The van der Waals surface area contributed by atoms with Gasteiger partial charge in [-0.05, 0) is 51.7 Å². The van der Waals surface area contributed by atoms with Crippen LogP contribution in [0.25, 0.3) is 0 Å². The Hall–Kier alpha value is -2.90. The number of carbonyl (C=O) groups excluding carboxylic acids is 4. The first-order valence-electron chi connectivity index (χ1n) is 16.5. The van der Waals surface area contributed by atoms with E-state index < -0.39 is 0 Å². The summed E-state index contributed by atoms with van der Waals surface area (Å²) in [6.45, 7) is 5.75. The number of ether oxygens (including phenoxy) is 2. The zero-order valence-corrected chi connectivity index (χ0v) is 26.3. The topological polar surface area (TPSA) is 111 Å². The maximum atomic E-state index is 12.8. The van der Waals surface area contributed by atoms with Crippen LogP contribution in [0.3, 0.4) is 0 Å². The SMILES string of the molecule is CCOC(=O)CCCCCCCCCCNC(=O)c1ccccc1C(=O)NCCCCCCCCCCC(=O)OCC. The van der Waals surface area contributed by atoms with Crippen molar-refractivity contribution >= 4 is 23.8 Å². The number of rotatable bonds is 26. The van der Waals surface area contributed by atoms with Gasteiger partial charge in [-0.1, -0.05) is 89.2 Å². The van der Waals surface area contributed by atoms with Gasteiger partial charge in [0.15, 0.2) is 0 Å². The molecule has 0 radical (unpaired) electrons. The molecule has 8 nitrogen and oxygen atoms in total. The summed E-state index contributed by atoms with van der Waals surface area (Å²) in [7, 11) is 0. The molecular formula is C34H56N2O6. The number of unbranched alkanes of at least 4 members (excludes halogenated alkanes) is 14. The molecule has 1 rings (SSSR count). The molecule has 0 saturated heterocycles. The van der Waals surface area contributed by atoms with E-state index in [1.807, 2.05) is 13.8 Å². The minimum atomic E-state index is -0.204. The van der Waals surface area contributed by atoms with Crippen LogP contribution in [0, 0.1) is 0 Å². The summed E-state index contributed by atoms with van der Waals surface area (Å²) >= 11 is 0. The first-order valence-corrected chi connectivity index (χ1v) is 16.5. The van der Waals surface area contributed by atoms with Crippen LogP contribution in [-0.2, 0) is 19.1 Å². The number of benzene rings is 1. The van der Waals surface area contributed by atoms with Crippen molar-refractivity contribution in [2.75, 3.05) is 26.3 Å². The molecule has 0 fully saturated rings. The second-order valence-electron chi connectivity index (χ2n) is 10.8. The number of carbonyl (C=O) groups is 4. The van der Waals surface area contributed by atoms with Gasteiger partial charge in [-0.3, -0.25) is 19.2 Å². The molecule has 238 valence electrons. The van der Waals surface area contributed by atoms with Crippen molar-refractivity contribution in [2.24, 2.45) is 0 Å². The molecule has 0 aliphatic carbocycles. The number of hydrogen-bond acceptors (Lipinski definition) is 6.